The van der Waals surface area contributed by atoms with Gasteiger partial charge < -0.3 is 19.9 Å². The molecule has 45 heavy (non-hydrogen) atoms. The average Bonchev–Trinajstić information content (AvgIpc) is 3.83. The lowest BCUT2D eigenvalue weighted by Gasteiger charge is -2.33. The minimum absolute atomic E-state index is 0.0661. The van der Waals surface area contributed by atoms with Gasteiger partial charge in [-0.15, -0.1) is 0 Å². The molecule has 242 valence electrons. The van der Waals surface area contributed by atoms with Crippen LogP contribution in [0.2, 0.25) is 10.0 Å². The first-order valence-corrected chi connectivity index (χ1v) is 16.5. The smallest absolute Gasteiger partial charge is 0.387 e. The Morgan fingerprint density at radius 1 is 1.00 bits per heavy atom. The van der Waals surface area contributed by atoms with Gasteiger partial charge in [-0.3, -0.25) is 14.7 Å². The first kappa shape index (κ1) is 33.1. The largest absolute Gasteiger partial charge is 0.489 e. The lowest BCUT2D eigenvalue weighted by molar-refractivity contribution is -0.151. The number of anilines is 1. The monoisotopic (exact) mass is 684 g/mol. The van der Waals surface area contributed by atoms with Crippen LogP contribution in [0.3, 0.4) is 0 Å². The first-order chi connectivity index (χ1) is 21.5. The van der Waals surface area contributed by atoms with Gasteiger partial charge in [-0.05, 0) is 66.3 Å². The number of nitrogen functional groups attached to an aromatic ring is 1. The Kier molecular flexibility index (Phi) is 10.7. The molecule has 2 N–H and O–H groups in total. The molecular formula is C30H32Cl2F2N4O6S. The predicted molar refractivity (Wildman–Crippen MR) is 164 cm³/mol. The Balaban J connectivity index is 1.30. The van der Waals surface area contributed by atoms with Crippen molar-refractivity contribution < 1.29 is 36.2 Å². The molecular weight excluding hydrogens is 653 g/mol. The highest BCUT2D eigenvalue weighted by molar-refractivity contribution is 7.89. The van der Waals surface area contributed by atoms with Crippen LogP contribution in [0, 0.1) is 5.92 Å². The maximum Gasteiger partial charge on any atom is 0.387 e. The third-order valence-electron chi connectivity index (χ3n) is 7.54. The standard InChI is InChI=1S/C30H32Cl2F2N4O6S/c31-24-15-36-16-25(32)23(24)14-27(20-3-8-26(44-30(33)34)28(13-20)42-18-19-1-2-19)43-29(39)17-37-9-11-38(12-10-37)45(40,41)22-6-4-21(35)5-7-22/h3-8,13,15-16,19,27,30H,1-2,9-12,14,17-18,35H2. The van der Waals surface area contributed by atoms with E-state index >= 15 is 0 Å². The Bertz CT molecular complexity index is 1580. The van der Waals surface area contributed by atoms with E-state index in [1.807, 2.05) is 0 Å². The molecule has 1 saturated heterocycles. The SMILES string of the molecule is Nc1ccc(S(=O)(=O)N2CCN(CC(=O)OC(Cc3c(Cl)cncc3Cl)c3ccc(OC(F)F)c(OCC4CC4)c3)CC2)cc1. The number of ether oxygens (including phenoxy) is 3. The van der Waals surface area contributed by atoms with Crippen molar-refractivity contribution >= 4 is 44.9 Å². The molecule has 15 heteroatoms. The zero-order valence-corrected chi connectivity index (χ0v) is 26.4. The third kappa shape index (κ3) is 8.73. The summed E-state index contributed by atoms with van der Waals surface area (Å²) >= 11 is 12.8. The van der Waals surface area contributed by atoms with Crippen molar-refractivity contribution in [3.05, 3.63) is 76.0 Å². The van der Waals surface area contributed by atoms with Gasteiger partial charge in [0.2, 0.25) is 10.0 Å². The number of nitrogens with two attached hydrogens (primary N) is 1. The lowest BCUT2D eigenvalue weighted by Crippen LogP contribution is -2.50. The summed E-state index contributed by atoms with van der Waals surface area (Å²) in [5.41, 5.74) is 7.09. The number of sulfonamides is 1. The molecule has 2 heterocycles. The second-order valence-corrected chi connectivity index (χ2v) is 13.6. The van der Waals surface area contributed by atoms with Crippen molar-refractivity contribution in [1.82, 2.24) is 14.2 Å². The van der Waals surface area contributed by atoms with Gasteiger partial charge >= 0.3 is 12.6 Å². The quantitative estimate of drug-likeness (QED) is 0.191. The van der Waals surface area contributed by atoms with E-state index in [-0.39, 0.29) is 52.5 Å². The summed E-state index contributed by atoms with van der Waals surface area (Å²) < 4.78 is 70.1. The van der Waals surface area contributed by atoms with Gasteiger partial charge in [-0.2, -0.15) is 13.1 Å². The molecule has 5 rings (SSSR count). The zero-order chi connectivity index (χ0) is 32.1. The normalized spacial score (nSPS) is 16.8. The molecule has 1 aliphatic carbocycles. The molecule has 2 aliphatic rings. The zero-order valence-electron chi connectivity index (χ0n) is 24.1. The van der Waals surface area contributed by atoms with Gasteiger partial charge in [0.25, 0.3) is 0 Å². The second-order valence-electron chi connectivity index (χ2n) is 10.9. The number of hydrogen-bond acceptors (Lipinski definition) is 9. The summed E-state index contributed by atoms with van der Waals surface area (Å²) in [6.07, 6.45) is 3.96. The minimum atomic E-state index is -3.71. The molecule has 1 unspecified atom stereocenters. The van der Waals surface area contributed by atoms with Crippen molar-refractivity contribution in [2.75, 3.05) is 45.1 Å². The van der Waals surface area contributed by atoms with Gasteiger partial charge in [-0.1, -0.05) is 29.3 Å². The number of alkyl halides is 2. The van der Waals surface area contributed by atoms with Crippen molar-refractivity contribution in [2.45, 2.75) is 36.9 Å². The molecule has 1 aliphatic heterocycles. The van der Waals surface area contributed by atoms with Crippen LogP contribution in [0.4, 0.5) is 14.5 Å². The highest BCUT2D eigenvalue weighted by Gasteiger charge is 2.31. The predicted octanol–water partition coefficient (Wildman–Crippen LogP) is 5.19. The summed E-state index contributed by atoms with van der Waals surface area (Å²) in [7, 11) is -3.71. The van der Waals surface area contributed by atoms with Crippen molar-refractivity contribution in [2.24, 2.45) is 5.92 Å². The number of carbonyl (C=O) groups is 1. The minimum Gasteiger partial charge on any atom is -0.489 e. The third-order valence-corrected chi connectivity index (χ3v) is 10.1. The molecule has 1 aromatic heterocycles. The molecule has 0 amide bonds. The summed E-state index contributed by atoms with van der Waals surface area (Å²) in [4.78, 5) is 19.2. The van der Waals surface area contributed by atoms with Gasteiger partial charge in [0.1, 0.15) is 6.10 Å². The number of rotatable bonds is 13. The number of benzene rings is 2. The number of esters is 1. The average molecular weight is 686 g/mol. The van der Waals surface area contributed by atoms with E-state index < -0.39 is 28.7 Å². The molecule has 0 bridgehead atoms. The van der Waals surface area contributed by atoms with Crippen LogP contribution in [0.15, 0.2) is 59.8 Å². The van der Waals surface area contributed by atoms with Crippen molar-refractivity contribution in [1.29, 1.82) is 0 Å². The summed E-state index contributed by atoms with van der Waals surface area (Å²) in [6, 6.07) is 10.4. The van der Waals surface area contributed by atoms with Crippen LogP contribution in [-0.2, 0) is 26.0 Å². The summed E-state index contributed by atoms with van der Waals surface area (Å²) in [5, 5.41) is 0.537. The lowest BCUT2D eigenvalue weighted by atomic mass is 10.0. The van der Waals surface area contributed by atoms with Crippen LogP contribution < -0.4 is 15.2 Å². The van der Waals surface area contributed by atoms with Gasteiger partial charge in [-0.25, -0.2) is 8.42 Å². The van der Waals surface area contributed by atoms with E-state index in [0.717, 1.165) is 12.8 Å². The molecule has 3 aromatic rings. The molecule has 1 atom stereocenters. The molecule has 10 nitrogen and oxygen atoms in total. The van der Waals surface area contributed by atoms with E-state index in [9.17, 15) is 22.0 Å². The second kappa shape index (κ2) is 14.5. The molecule has 0 spiro atoms. The molecule has 0 radical (unpaired) electrons. The Hall–Kier alpha value is -3.23. The highest BCUT2D eigenvalue weighted by Crippen LogP contribution is 2.38. The van der Waals surface area contributed by atoms with E-state index in [1.54, 1.807) is 4.90 Å². The van der Waals surface area contributed by atoms with Crippen LogP contribution >= 0.6 is 23.2 Å². The Morgan fingerprint density at radius 2 is 1.67 bits per heavy atom. The van der Waals surface area contributed by atoms with Gasteiger partial charge in [0.15, 0.2) is 11.5 Å². The van der Waals surface area contributed by atoms with E-state index in [4.69, 9.17) is 38.4 Å². The van der Waals surface area contributed by atoms with Crippen molar-refractivity contribution in [3.8, 4) is 11.5 Å². The highest BCUT2D eigenvalue weighted by atomic mass is 35.5. The number of halogens is 4. The summed E-state index contributed by atoms with van der Waals surface area (Å²) in [6.45, 7) is -1.86. The summed E-state index contributed by atoms with van der Waals surface area (Å²) in [5.74, 6) is -0.264. The van der Waals surface area contributed by atoms with Crippen LogP contribution in [0.25, 0.3) is 0 Å². The van der Waals surface area contributed by atoms with Gasteiger partial charge in [0.05, 0.1) is 28.1 Å². The van der Waals surface area contributed by atoms with E-state index in [2.05, 4.69) is 9.72 Å². The number of nitrogens with zero attached hydrogens (tertiary/aromatic N) is 3. The number of carbonyl (C=O) groups excluding carboxylic acids is 1. The van der Waals surface area contributed by atoms with E-state index in [0.29, 0.717) is 42.4 Å². The first-order valence-electron chi connectivity index (χ1n) is 14.3. The number of pyridine rings is 1. The number of piperazine rings is 1. The molecule has 1 saturated carbocycles. The number of aromatic nitrogens is 1. The van der Waals surface area contributed by atoms with Crippen LogP contribution in [0.1, 0.15) is 30.1 Å². The fraction of sp³-hybridized carbons (Fsp3) is 0.400. The van der Waals surface area contributed by atoms with Crippen LogP contribution in [-0.4, -0.2) is 74.5 Å². The molecule has 2 fully saturated rings. The van der Waals surface area contributed by atoms with Gasteiger partial charge in [0, 0.05) is 50.7 Å². The number of hydrogen-bond donors (Lipinski definition) is 1. The van der Waals surface area contributed by atoms with E-state index in [1.165, 1.54) is 59.2 Å². The maximum absolute atomic E-state index is 13.3. The Labute approximate surface area is 270 Å². The maximum atomic E-state index is 13.3. The van der Waals surface area contributed by atoms with Crippen molar-refractivity contribution in [3.63, 3.8) is 0 Å². The van der Waals surface area contributed by atoms with Crippen LogP contribution in [0.5, 0.6) is 11.5 Å². The topological polar surface area (TPSA) is 124 Å². The fourth-order valence-electron chi connectivity index (χ4n) is 4.86. The fourth-order valence-corrected chi connectivity index (χ4v) is 6.81. The molecule has 2 aromatic carbocycles. The Morgan fingerprint density at radius 3 is 2.29 bits per heavy atom.